The maximum atomic E-state index is 13.5. The summed E-state index contributed by atoms with van der Waals surface area (Å²) in [5.74, 6) is -1.67. The molecular weight excluding hydrogens is 293 g/mol. The molecule has 0 spiro atoms. The number of hydrogen-bond acceptors (Lipinski definition) is 3. The lowest BCUT2D eigenvalue weighted by molar-refractivity contribution is -0.143. The number of nitrogens with one attached hydrogen (secondary N) is 1. The SMILES string of the molecule is O=C(NC1(C(=O)O)CCSC1)c1cc(Cl)ccc1F. The highest BCUT2D eigenvalue weighted by Crippen LogP contribution is 2.29. The van der Waals surface area contributed by atoms with Gasteiger partial charge in [-0.2, -0.15) is 11.8 Å². The first-order valence-electron chi connectivity index (χ1n) is 5.53. The molecule has 0 aliphatic carbocycles. The van der Waals surface area contributed by atoms with Crippen molar-refractivity contribution in [1.82, 2.24) is 5.32 Å². The topological polar surface area (TPSA) is 66.4 Å². The van der Waals surface area contributed by atoms with Crippen molar-refractivity contribution in [3.63, 3.8) is 0 Å². The van der Waals surface area contributed by atoms with Gasteiger partial charge in [0, 0.05) is 10.8 Å². The molecule has 1 aliphatic rings. The van der Waals surface area contributed by atoms with Crippen LogP contribution in [0.5, 0.6) is 0 Å². The standard InChI is InChI=1S/C12H11ClFNO3S/c13-7-1-2-9(14)8(5-7)10(16)15-12(11(17)18)3-4-19-6-12/h1-2,5H,3-4,6H2,(H,15,16)(H,17,18). The Morgan fingerprint density at radius 1 is 1.47 bits per heavy atom. The van der Waals surface area contributed by atoms with Crippen LogP contribution in [0, 0.1) is 5.82 Å². The molecule has 0 bridgehead atoms. The van der Waals surface area contributed by atoms with Crippen LogP contribution >= 0.6 is 23.4 Å². The van der Waals surface area contributed by atoms with Crippen molar-refractivity contribution < 1.29 is 19.1 Å². The molecule has 1 amide bonds. The van der Waals surface area contributed by atoms with Crippen LogP contribution in [0.3, 0.4) is 0 Å². The second-order valence-corrected chi connectivity index (χ2v) is 5.81. The van der Waals surface area contributed by atoms with Crippen LogP contribution in [-0.2, 0) is 4.79 Å². The van der Waals surface area contributed by atoms with Gasteiger partial charge in [-0.25, -0.2) is 9.18 Å². The monoisotopic (exact) mass is 303 g/mol. The van der Waals surface area contributed by atoms with E-state index in [-0.39, 0.29) is 16.3 Å². The lowest BCUT2D eigenvalue weighted by Gasteiger charge is -2.24. The summed E-state index contributed by atoms with van der Waals surface area (Å²) in [7, 11) is 0. The van der Waals surface area contributed by atoms with Crippen LogP contribution in [-0.4, -0.2) is 34.0 Å². The smallest absolute Gasteiger partial charge is 0.330 e. The van der Waals surface area contributed by atoms with E-state index in [0.29, 0.717) is 12.2 Å². The van der Waals surface area contributed by atoms with Crippen molar-refractivity contribution in [2.24, 2.45) is 0 Å². The Morgan fingerprint density at radius 3 is 2.79 bits per heavy atom. The molecule has 4 nitrogen and oxygen atoms in total. The molecule has 2 rings (SSSR count). The Morgan fingerprint density at radius 2 is 2.21 bits per heavy atom. The van der Waals surface area contributed by atoms with Crippen LogP contribution < -0.4 is 5.32 Å². The van der Waals surface area contributed by atoms with Gasteiger partial charge in [0.25, 0.3) is 5.91 Å². The summed E-state index contributed by atoms with van der Waals surface area (Å²) in [4.78, 5) is 23.3. The molecule has 1 aromatic rings. The molecule has 1 aliphatic heterocycles. The summed E-state index contributed by atoms with van der Waals surface area (Å²) in [5.41, 5.74) is -1.57. The van der Waals surface area contributed by atoms with Gasteiger partial charge in [-0.05, 0) is 30.4 Å². The lowest BCUT2D eigenvalue weighted by atomic mass is 9.98. The number of benzene rings is 1. The average molecular weight is 304 g/mol. The van der Waals surface area contributed by atoms with E-state index in [1.807, 2.05) is 0 Å². The molecule has 19 heavy (non-hydrogen) atoms. The maximum Gasteiger partial charge on any atom is 0.330 e. The van der Waals surface area contributed by atoms with Crippen molar-refractivity contribution in [2.75, 3.05) is 11.5 Å². The van der Waals surface area contributed by atoms with Crippen molar-refractivity contribution >= 4 is 35.2 Å². The summed E-state index contributed by atoms with van der Waals surface area (Å²) < 4.78 is 13.5. The predicted octanol–water partition coefficient (Wildman–Crippen LogP) is 2.17. The molecule has 1 aromatic carbocycles. The largest absolute Gasteiger partial charge is 0.479 e. The average Bonchev–Trinajstić information content (AvgIpc) is 2.82. The number of halogens is 2. The highest BCUT2D eigenvalue weighted by Gasteiger charge is 2.43. The van der Waals surface area contributed by atoms with E-state index in [0.717, 1.165) is 6.07 Å². The molecule has 7 heteroatoms. The summed E-state index contributed by atoms with van der Waals surface area (Å²) in [6.07, 6.45) is 0.320. The van der Waals surface area contributed by atoms with Gasteiger partial charge in [0.05, 0.1) is 5.56 Å². The number of rotatable bonds is 3. The first-order valence-corrected chi connectivity index (χ1v) is 7.06. The fourth-order valence-corrected chi connectivity index (χ4v) is 3.34. The lowest BCUT2D eigenvalue weighted by Crippen LogP contribution is -2.54. The molecule has 0 radical (unpaired) electrons. The highest BCUT2D eigenvalue weighted by atomic mass is 35.5. The number of amides is 1. The van der Waals surface area contributed by atoms with Gasteiger partial charge in [0.15, 0.2) is 0 Å². The quantitative estimate of drug-likeness (QED) is 0.898. The molecule has 1 atom stereocenters. The minimum atomic E-state index is -1.32. The molecule has 0 aromatic heterocycles. The number of hydrogen-bond donors (Lipinski definition) is 2. The van der Waals surface area contributed by atoms with E-state index in [2.05, 4.69) is 5.32 Å². The van der Waals surface area contributed by atoms with Crippen LogP contribution in [0.15, 0.2) is 18.2 Å². The van der Waals surface area contributed by atoms with Gasteiger partial charge in [-0.1, -0.05) is 11.6 Å². The third-order valence-electron chi connectivity index (χ3n) is 2.96. The van der Waals surface area contributed by atoms with E-state index in [1.54, 1.807) is 0 Å². The second kappa shape index (κ2) is 5.38. The number of carboxylic acid groups (broad SMARTS) is 1. The number of aliphatic carboxylic acids is 1. The van der Waals surface area contributed by atoms with Crippen LogP contribution in [0.4, 0.5) is 4.39 Å². The van der Waals surface area contributed by atoms with E-state index >= 15 is 0 Å². The van der Waals surface area contributed by atoms with Gasteiger partial charge in [-0.15, -0.1) is 0 Å². The van der Waals surface area contributed by atoms with Crippen LogP contribution in [0.2, 0.25) is 5.02 Å². The van der Waals surface area contributed by atoms with E-state index in [1.165, 1.54) is 23.9 Å². The number of carboxylic acids is 1. The van der Waals surface area contributed by atoms with Crippen molar-refractivity contribution in [3.05, 3.63) is 34.6 Å². The van der Waals surface area contributed by atoms with Crippen molar-refractivity contribution in [3.8, 4) is 0 Å². The number of carbonyl (C=O) groups excluding carboxylic acids is 1. The Hall–Kier alpha value is -1.27. The molecular formula is C12H11ClFNO3S. The van der Waals surface area contributed by atoms with Gasteiger partial charge in [-0.3, -0.25) is 4.79 Å². The Balaban J connectivity index is 2.25. The molecule has 102 valence electrons. The van der Waals surface area contributed by atoms with Crippen molar-refractivity contribution in [2.45, 2.75) is 12.0 Å². The zero-order chi connectivity index (χ0) is 14.0. The maximum absolute atomic E-state index is 13.5. The number of thioether (sulfide) groups is 1. The van der Waals surface area contributed by atoms with Gasteiger partial charge < -0.3 is 10.4 Å². The molecule has 1 fully saturated rings. The Labute approximate surface area is 118 Å². The van der Waals surface area contributed by atoms with E-state index in [4.69, 9.17) is 11.6 Å². The molecule has 1 saturated heterocycles. The Bertz CT molecular complexity index is 532. The third-order valence-corrected chi connectivity index (χ3v) is 4.38. The minimum absolute atomic E-state index is 0.219. The summed E-state index contributed by atoms with van der Waals surface area (Å²) >= 11 is 7.15. The fraction of sp³-hybridized carbons (Fsp3) is 0.333. The zero-order valence-corrected chi connectivity index (χ0v) is 11.4. The van der Waals surface area contributed by atoms with E-state index in [9.17, 15) is 19.1 Å². The van der Waals surface area contributed by atoms with Gasteiger partial charge >= 0.3 is 5.97 Å². The highest BCUT2D eigenvalue weighted by molar-refractivity contribution is 7.99. The molecule has 1 heterocycles. The zero-order valence-electron chi connectivity index (χ0n) is 9.78. The van der Waals surface area contributed by atoms with Crippen molar-refractivity contribution in [1.29, 1.82) is 0 Å². The van der Waals surface area contributed by atoms with Crippen LogP contribution in [0.25, 0.3) is 0 Å². The summed E-state index contributed by atoms with van der Waals surface area (Å²) in [6.45, 7) is 0. The molecule has 1 unspecified atom stereocenters. The van der Waals surface area contributed by atoms with Gasteiger partial charge in [0.1, 0.15) is 11.4 Å². The summed E-state index contributed by atoms with van der Waals surface area (Å²) in [5, 5.41) is 11.9. The minimum Gasteiger partial charge on any atom is -0.479 e. The van der Waals surface area contributed by atoms with Crippen LogP contribution in [0.1, 0.15) is 16.8 Å². The first-order chi connectivity index (χ1) is 8.94. The predicted molar refractivity (Wildman–Crippen MR) is 71.2 cm³/mol. The number of carbonyl (C=O) groups is 2. The fourth-order valence-electron chi connectivity index (χ4n) is 1.84. The molecule has 2 N–H and O–H groups in total. The first kappa shape index (κ1) is 14.1. The summed E-state index contributed by atoms with van der Waals surface area (Å²) in [6, 6.07) is 3.59. The molecule has 0 saturated carbocycles. The van der Waals surface area contributed by atoms with Gasteiger partial charge in [0.2, 0.25) is 0 Å². The Kier molecular flexibility index (Phi) is 4.01. The van der Waals surface area contributed by atoms with E-state index < -0.39 is 23.2 Å². The normalized spacial score (nSPS) is 22.2. The third kappa shape index (κ3) is 2.84. The second-order valence-electron chi connectivity index (χ2n) is 4.27.